The Morgan fingerprint density at radius 1 is 1.33 bits per heavy atom. The van der Waals surface area contributed by atoms with Gasteiger partial charge in [0.2, 0.25) is 0 Å². The van der Waals surface area contributed by atoms with Crippen molar-refractivity contribution in [3.05, 3.63) is 71.9 Å². The van der Waals surface area contributed by atoms with E-state index in [1.54, 1.807) is 30.5 Å². The van der Waals surface area contributed by atoms with Crippen molar-refractivity contribution in [1.29, 1.82) is 0 Å². The smallest absolute Gasteiger partial charge is 0.154 e. The first-order valence-corrected chi connectivity index (χ1v) is 10.1. The van der Waals surface area contributed by atoms with Crippen LogP contribution in [0.15, 0.2) is 71.4 Å². The molecule has 1 heterocycles. The Hall–Kier alpha value is -2.60. The number of thioether (sulfide) groups is 1. The fourth-order valence-corrected chi connectivity index (χ4v) is 2.60. The molecule has 0 spiro atoms. The van der Waals surface area contributed by atoms with Crippen molar-refractivity contribution < 1.29 is 0 Å². The van der Waals surface area contributed by atoms with Gasteiger partial charge in [-0.25, -0.2) is 4.98 Å². The van der Waals surface area contributed by atoms with E-state index in [2.05, 4.69) is 65.2 Å². The number of hydrogen-bond donors (Lipinski definition) is 1. The van der Waals surface area contributed by atoms with Gasteiger partial charge in [0.1, 0.15) is 5.82 Å². The van der Waals surface area contributed by atoms with E-state index in [1.807, 2.05) is 29.2 Å². The highest BCUT2D eigenvalue weighted by atomic mass is 32.2. The van der Waals surface area contributed by atoms with Crippen molar-refractivity contribution in [3.63, 3.8) is 0 Å². The van der Waals surface area contributed by atoms with Crippen LogP contribution in [-0.2, 0) is 0 Å². The molecule has 5 nitrogen and oxygen atoms in total. The summed E-state index contributed by atoms with van der Waals surface area (Å²) in [4.78, 5) is 16.7. The van der Waals surface area contributed by atoms with E-state index in [0.717, 1.165) is 11.6 Å². The molecular formula is C21H27N5S. The van der Waals surface area contributed by atoms with Crippen LogP contribution in [0.1, 0.15) is 25.5 Å². The van der Waals surface area contributed by atoms with Gasteiger partial charge in [-0.1, -0.05) is 42.5 Å². The van der Waals surface area contributed by atoms with Gasteiger partial charge in [-0.2, -0.15) is 0 Å². The van der Waals surface area contributed by atoms with Gasteiger partial charge >= 0.3 is 0 Å². The second-order valence-electron chi connectivity index (χ2n) is 5.98. The number of rotatable bonds is 10. The zero-order valence-corrected chi connectivity index (χ0v) is 17.0. The van der Waals surface area contributed by atoms with Gasteiger partial charge in [0, 0.05) is 12.6 Å². The first-order valence-electron chi connectivity index (χ1n) is 8.85. The molecule has 0 saturated carbocycles. The summed E-state index contributed by atoms with van der Waals surface area (Å²) in [5.74, 6) is 1.46. The van der Waals surface area contributed by atoms with Gasteiger partial charge in [0.15, 0.2) is 5.82 Å². The van der Waals surface area contributed by atoms with E-state index in [1.165, 1.54) is 10.5 Å². The Balaban J connectivity index is 2.09. The van der Waals surface area contributed by atoms with Crippen LogP contribution in [0.25, 0.3) is 0 Å². The van der Waals surface area contributed by atoms with E-state index in [0.29, 0.717) is 13.1 Å². The molecule has 0 fully saturated rings. The average molecular weight is 382 g/mol. The lowest BCUT2D eigenvalue weighted by atomic mass is 10.1. The number of nitrogens with one attached hydrogen (secondary N) is 1. The van der Waals surface area contributed by atoms with Crippen LogP contribution < -0.4 is 10.2 Å². The Morgan fingerprint density at radius 2 is 2.11 bits per heavy atom. The molecule has 0 aliphatic rings. The number of hydrogen-bond acceptors (Lipinski definition) is 5. The molecule has 0 aliphatic heterocycles. The minimum Gasteiger partial charge on any atom is -0.362 e. The fourth-order valence-electron chi connectivity index (χ4n) is 2.36. The van der Waals surface area contributed by atoms with E-state index in [-0.39, 0.29) is 6.04 Å². The number of aromatic nitrogens is 2. The van der Waals surface area contributed by atoms with Crippen LogP contribution in [0.4, 0.5) is 11.6 Å². The number of aliphatic imine (C=N–C) groups is 1. The molecule has 0 radical (unpaired) electrons. The molecule has 0 bridgehead atoms. The van der Waals surface area contributed by atoms with Gasteiger partial charge < -0.3 is 10.2 Å². The topological polar surface area (TPSA) is 53.4 Å². The van der Waals surface area contributed by atoms with Gasteiger partial charge in [-0.15, -0.1) is 18.3 Å². The van der Waals surface area contributed by atoms with Crippen LogP contribution >= 0.6 is 11.8 Å². The van der Waals surface area contributed by atoms with Gasteiger partial charge in [0.05, 0.1) is 25.3 Å². The predicted octanol–water partition coefficient (Wildman–Crippen LogP) is 4.94. The molecule has 6 heteroatoms. The van der Waals surface area contributed by atoms with E-state index < -0.39 is 0 Å². The lowest BCUT2D eigenvalue weighted by molar-refractivity contribution is 0.870. The third kappa shape index (κ3) is 6.90. The van der Waals surface area contributed by atoms with E-state index >= 15 is 0 Å². The average Bonchev–Trinajstić information content (AvgIpc) is 2.71. The maximum atomic E-state index is 4.68. The summed E-state index contributed by atoms with van der Waals surface area (Å²) in [5.41, 5.74) is 1.20. The molecule has 0 saturated heterocycles. The minimum atomic E-state index is 0.136. The van der Waals surface area contributed by atoms with Crippen molar-refractivity contribution >= 4 is 29.7 Å². The Kier molecular flexibility index (Phi) is 8.58. The van der Waals surface area contributed by atoms with Crippen molar-refractivity contribution in [2.45, 2.75) is 19.9 Å². The molecule has 2 aromatic rings. The molecule has 27 heavy (non-hydrogen) atoms. The van der Waals surface area contributed by atoms with E-state index in [4.69, 9.17) is 0 Å². The second-order valence-corrected chi connectivity index (χ2v) is 7.03. The predicted molar refractivity (Wildman–Crippen MR) is 119 cm³/mol. The van der Waals surface area contributed by atoms with Crippen molar-refractivity contribution in [1.82, 2.24) is 9.97 Å². The highest BCUT2D eigenvalue weighted by Crippen LogP contribution is 2.19. The lowest BCUT2D eigenvalue weighted by Gasteiger charge is -2.19. The third-order valence-electron chi connectivity index (χ3n) is 3.93. The van der Waals surface area contributed by atoms with Crippen LogP contribution in [-0.4, -0.2) is 35.7 Å². The van der Waals surface area contributed by atoms with Gasteiger partial charge in [-0.05, 0) is 30.6 Å². The maximum absolute atomic E-state index is 4.68. The van der Waals surface area contributed by atoms with Crippen LogP contribution in [0.5, 0.6) is 0 Å². The first-order chi connectivity index (χ1) is 13.1. The zero-order valence-electron chi connectivity index (χ0n) is 16.2. The van der Waals surface area contributed by atoms with Crippen molar-refractivity contribution in [2.24, 2.45) is 4.99 Å². The number of anilines is 2. The second kappa shape index (κ2) is 11.2. The van der Waals surface area contributed by atoms with Gasteiger partial charge in [-0.3, -0.25) is 9.98 Å². The molecule has 1 N–H and O–H groups in total. The van der Waals surface area contributed by atoms with E-state index in [9.17, 15) is 0 Å². The Labute approximate surface area is 166 Å². The summed E-state index contributed by atoms with van der Waals surface area (Å²) < 4.78 is 0. The summed E-state index contributed by atoms with van der Waals surface area (Å²) in [6.07, 6.45) is 11.2. The molecule has 0 aliphatic carbocycles. The fraction of sp³-hybridized carbons (Fsp3) is 0.286. The molecule has 142 valence electrons. The van der Waals surface area contributed by atoms with Crippen LogP contribution in [0.3, 0.4) is 0 Å². The Bertz CT molecular complexity index is 773. The number of nitrogens with zero attached hydrogens (tertiary/aromatic N) is 4. The zero-order chi connectivity index (χ0) is 19.5. The molecule has 0 amide bonds. The van der Waals surface area contributed by atoms with Gasteiger partial charge in [0.25, 0.3) is 0 Å². The Morgan fingerprint density at radius 3 is 2.81 bits per heavy atom. The molecule has 1 unspecified atom stereocenters. The number of allylic oxidation sites excluding steroid dienone is 1. The molecular weight excluding hydrogens is 354 g/mol. The maximum Gasteiger partial charge on any atom is 0.154 e. The quantitative estimate of drug-likeness (QED) is 0.359. The third-order valence-corrected chi connectivity index (χ3v) is 4.74. The van der Waals surface area contributed by atoms with Crippen LogP contribution in [0, 0.1) is 0 Å². The lowest BCUT2D eigenvalue weighted by Crippen LogP contribution is -2.23. The monoisotopic (exact) mass is 381 g/mol. The SMILES string of the molecule is C=CCN(C=NC/C=C(\C)SC)c1cncc(NC(C)c2ccccc2)n1. The standard InChI is InChI=1S/C21H27N5S/c1-5-13-26(16-22-12-11-17(2)27-4)21-15-23-14-20(25-21)24-18(3)19-9-7-6-8-10-19/h5-11,14-16,18H,1,12-13H2,2-4H3,(H,24,25)/b17-11+,22-16?. The van der Waals surface area contributed by atoms with Crippen molar-refractivity contribution in [2.75, 3.05) is 29.6 Å². The molecule has 1 atom stereocenters. The summed E-state index contributed by atoms with van der Waals surface area (Å²) in [6.45, 7) is 9.26. The van der Waals surface area contributed by atoms with Crippen molar-refractivity contribution in [3.8, 4) is 0 Å². The minimum absolute atomic E-state index is 0.136. The normalized spacial score (nSPS) is 12.8. The summed E-state index contributed by atoms with van der Waals surface area (Å²) in [5, 5.41) is 3.40. The molecule has 1 aromatic carbocycles. The largest absolute Gasteiger partial charge is 0.362 e. The number of benzene rings is 1. The summed E-state index contributed by atoms with van der Waals surface area (Å²) in [7, 11) is 0. The molecule has 2 rings (SSSR count). The van der Waals surface area contributed by atoms with Crippen LogP contribution in [0.2, 0.25) is 0 Å². The first kappa shape index (κ1) is 20.7. The summed E-state index contributed by atoms with van der Waals surface area (Å²) >= 11 is 1.72. The highest BCUT2D eigenvalue weighted by molar-refractivity contribution is 8.02. The summed E-state index contributed by atoms with van der Waals surface area (Å²) in [6, 6.07) is 10.4. The highest BCUT2D eigenvalue weighted by Gasteiger charge is 2.09. The molecule has 1 aromatic heterocycles.